The van der Waals surface area contributed by atoms with Crippen molar-refractivity contribution < 1.29 is 28.7 Å². The quantitative estimate of drug-likeness (QED) is 0.235. The summed E-state index contributed by atoms with van der Waals surface area (Å²) < 4.78 is 10.7. The van der Waals surface area contributed by atoms with E-state index in [0.29, 0.717) is 28.4 Å². The second kappa shape index (κ2) is 10.1. The fraction of sp³-hybridized carbons (Fsp3) is 0.154. The molecule has 0 aliphatic carbocycles. The molecular formula is C26H20N6O7S. The number of thiophene rings is 1. The summed E-state index contributed by atoms with van der Waals surface area (Å²) in [6.07, 6.45) is 0. The predicted octanol–water partition coefficient (Wildman–Crippen LogP) is 1.51. The molecule has 4 aromatic rings. The largest absolute Gasteiger partial charge is 0.482 e. The Kier molecular flexibility index (Phi) is 6.36. The van der Waals surface area contributed by atoms with E-state index < -0.39 is 17.4 Å². The standard InChI is InChI=1S/C26H20N6O7S/c33-19-9-38-17-3-1-12(5-14(17)29-19)7-27-25(36)22-21-16(11-40-22)31-23(32-24(21)35)26(37)28-8-13-2-4-18-15(6-13)30-20(34)10-39-18/h1-6,11H,7-10H2,(H,27,36)(H,28,37)(H,29,33)(H,30,34)(H,31,32,35). The van der Waals surface area contributed by atoms with Gasteiger partial charge in [-0.15, -0.1) is 11.3 Å². The number of carbonyl (C=O) groups excluding carboxylic acids is 4. The maximum atomic E-state index is 12.9. The first-order valence-corrected chi connectivity index (χ1v) is 12.9. The van der Waals surface area contributed by atoms with E-state index in [4.69, 9.17) is 9.47 Å². The van der Waals surface area contributed by atoms with E-state index in [-0.39, 0.29) is 59.7 Å². The van der Waals surface area contributed by atoms with Gasteiger partial charge in [0.25, 0.3) is 29.2 Å². The van der Waals surface area contributed by atoms with Gasteiger partial charge < -0.3 is 35.7 Å². The zero-order valence-corrected chi connectivity index (χ0v) is 21.4. The first kappa shape index (κ1) is 25.1. The summed E-state index contributed by atoms with van der Waals surface area (Å²) in [4.78, 5) is 68.4. The Labute approximate surface area is 228 Å². The zero-order valence-electron chi connectivity index (χ0n) is 20.6. The van der Waals surface area contributed by atoms with Crippen LogP contribution in [0.25, 0.3) is 10.9 Å². The molecule has 0 saturated carbocycles. The lowest BCUT2D eigenvalue weighted by Gasteiger charge is -2.18. The molecule has 0 fully saturated rings. The molecule has 4 heterocycles. The minimum absolute atomic E-state index is 0.0498. The van der Waals surface area contributed by atoms with Gasteiger partial charge in [0.15, 0.2) is 19.0 Å². The Morgan fingerprint density at radius 2 is 1.43 bits per heavy atom. The fourth-order valence-corrected chi connectivity index (χ4v) is 5.15. The lowest BCUT2D eigenvalue weighted by molar-refractivity contribution is -0.119. The topological polar surface area (TPSA) is 181 Å². The first-order valence-electron chi connectivity index (χ1n) is 12.0. The average molecular weight is 561 g/mol. The van der Waals surface area contributed by atoms with Crippen LogP contribution in [0.1, 0.15) is 31.4 Å². The molecule has 2 aliphatic rings. The third-order valence-electron chi connectivity index (χ3n) is 6.14. The van der Waals surface area contributed by atoms with E-state index in [1.807, 2.05) is 0 Å². The number of nitrogens with one attached hydrogen (secondary N) is 5. The normalized spacial score (nSPS) is 13.7. The fourth-order valence-electron chi connectivity index (χ4n) is 4.25. The molecular weight excluding hydrogens is 540 g/mol. The van der Waals surface area contributed by atoms with Crippen molar-refractivity contribution in [2.45, 2.75) is 13.1 Å². The van der Waals surface area contributed by atoms with Crippen molar-refractivity contribution in [1.82, 2.24) is 20.6 Å². The Bertz CT molecular complexity index is 1780. The summed E-state index contributed by atoms with van der Waals surface area (Å²) >= 11 is 1.04. The summed E-state index contributed by atoms with van der Waals surface area (Å²) in [5.41, 5.74) is 2.04. The van der Waals surface area contributed by atoms with Crippen molar-refractivity contribution in [1.29, 1.82) is 0 Å². The molecule has 202 valence electrons. The molecule has 0 atom stereocenters. The van der Waals surface area contributed by atoms with E-state index in [2.05, 4.69) is 31.2 Å². The van der Waals surface area contributed by atoms with E-state index in [1.165, 1.54) is 5.38 Å². The Morgan fingerprint density at radius 3 is 2.02 bits per heavy atom. The Morgan fingerprint density at radius 1 is 0.850 bits per heavy atom. The molecule has 0 radical (unpaired) electrons. The van der Waals surface area contributed by atoms with Gasteiger partial charge in [0, 0.05) is 18.5 Å². The molecule has 6 rings (SSSR count). The molecule has 14 heteroatoms. The number of amides is 4. The van der Waals surface area contributed by atoms with E-state index in [9.17, 15) is 24.0 Å². The minimum atomic E-state index is -0.621. The molecule has 13 nitrogen and oxygen atoms in total. The summed E-state index contributed by atoms with van der Waals surface area (Å²) in [5, 5.41) is 12.5. The van der Waals surface area contributed by atoms with Crippen molar-refractivity contribution >= 4 is 57.2 Å². The molecule has 2 aromatic heterocycles. The SMILES string of the molecule is O=C1COc2ccc(CNC(=O)c3nc4csc(C(=O)NCc5ccc6c(c5)NC(=O)CO6)c4c(=O)[nH]3)cc2N1. The van der Waals surface area contributed by atoms with Crippen LogP contribution in [0.2, 0.25) is 0 Å². The number of aromatic nitrogens is 2. The van der Waals surface area contributed by atoms with Crippen molar-refractivity contribution in [2.75, 3.05) is 23.8 Å². The van der Waals surface area contributed by atoms with Crippen LogP contribution in [-0.4, -0.2) is 46.8 Å². The van der Waals surface area contributed by atoms with Gasteiger partial charge in [0.1, 0.15) is 16.4 Å². The smallest absolute Gasteiger partial charge is 0.287 e. The third-order valence-corrected chi connectivity index (χ3v) is 7.11. The van der Waals surface area contributed by atoms with Crippen molar-refractivity contribution in [3.63, 3.8) is 0 Å². The van der Waals surface area contributed by atoms with E-state index in [0.717, 1.165) is 16.9 Å². The van der Waals surface area contributed by atoms with Gasteiger partial charge in [-0.3, -0.25) is 24.0 Å². The van der Waals surface area contributed by atoms with Crippen LogP contribution in [0, 0.1) is 0 Å². The maximum absolute atomic E-state index is 12.9. The number of ether oxygens (including phenoxy) is 2. The summed E-state index contributed by atoms with van der Waals surface area (Å²) in [7, 11) is 0. The van der Waals surface area contributed by atoms with Crippen LogP contribution in [-0.2, 0) is 22.7 Å². The first-order chi connectivity index (χ1) is 19.3. The number of hydrogen-bond acceptors (Lipinski definition) is 9. The van der Waals surface area contributed by atoms with Gasteiger partial charge in [0.05, 0.1) is 22.3 Å². The van der Waals surface area contributed by atoms with Crippen LogP contribution in [0.15, 0.2) is 46.6 Å². The average Bonchev–Trinajstić information content (AvgIpc) is 3.39. The second-order valence-electron chi connectivity index (χ2n) is 8.94. The highest BCUT2D eigenvalue weighted by atomic mass is 32.1. The monoisotopic (exact) mass is 560 g/mol. The van der Waals surface area contributed by atoms with Gasteiger partial charge in [-0.25, -0.2) is 4.98 Å². The van der Waals surface area contributed by atoms with Gasteiger partial charge in [-0.1, -0.05) is 12.1 Å². The lowest BCUT2D eigenvalue weighted by atomic mass is 10.1. The summed E-state index contributed by atoms with van der Waals surface area (Å²) in [6, 6.07) is 10.3. The Balaban J connectivity index is 1.13. The molecule has 0 unspecified atom stereocenters. The highest BCUT2D eigenvalue weighted by molar-refractivity contribution is 7.13. The summed E-state index contributed by atoms with van der Waals surface area (Å²) in [5.74, 6) is -0.742. The van der Waals surface area contributed by atoms with Gasteiger partial charge >= 0.3 is 0 Å². The van der Waals surface area contributed by atoms with E-state index in [1.54, 1.807) is 36.4 Å². The number of fused-ring (bicyclic) bond motifs is 3. The van der Waals surface area contributed by atoms with Crippen LogP contribution in [0.5, 0.6) is 11.5 Å². The number of benzene rings is 2. The minimum Gasteiger partial charge on any atom is -0.482 e. The molecule has 0 bridgehead atoms. The number of H-pyrrole nitrogens is 1. The summed E-state index contributed by atoms with van der Waals surface area (Å²) in [6.45, 7) is 0.152. The van der Waals surface area contributed by atoms with Crippen molar-refractivity contribution in [3.8, 4) is 11.5 Å². The van der Waals surface area contributed by atoms with E-state index >= 15 is 0 Å². The number of hydrogen-bond donors (Lipinski definition) is 5. The predicted molar refractivity (Wildman–Crippen MR) is 144 cm³/mol. The zero-order chi connectivity index (χ0) is 27.8. The molecule has 2 aromatic carbocycles. The number of nitrogens with zero attached hydrogens (tertiary/aromatic N) is 1. The number of anilines is 2. The van der Waals surface area contributed by atoms with Crippen LogP contribution >= 0.6 is 11.3 Å². The number of aromatic amines is 1. The molecule has 40 heavy (non-hydrogen) atoms. The third kappa shape index (κ3) is 4.94. The van der Waals surface area contributed by atoms with Gasteiger partial charge in [-0.2, -0.15) is 0 Å². The highest BCUT2D eigenvalue weighted by Crippen LogP contribution is 2.29. The second-order valence-corrected chi connectivity index (χ2v) is 9.82. The number of rotatable bonds is 6. The van der Waals surface area contributed by atoms with Crippen molar-refractivity contribution in [2.24, 2.45) is 0 Å². The lowest BCUT2D eigenvalue weighted by Crippen LogP contribution is -2.29. The Hall–Kier alpha value is -5.24. The van der Waals surface area contributed by atoms with Gasteiger partial charge in [0.2, 0.25) is 0 Å². The molecule has 2 aliphatic heterocycles. The van der Waals surface area contributed by atoms with Crippen LogP contribution in [0.3, 0.4) is 0 Å². The van der Waals surface area contributed by atoms with Crippen LogP contribution < -0.4 is 36.3 Å². The maximum Gasteiger partial charge on any atom is 0.287 e. The highest BCUT2D eigenvalue weighted by Gasteiger charge is 2.21. The van der Waals surface area contributed by atoms with Crippen LogP contribution in [0.4, 0.5) is 11.4 Å². The molecule has 4 amide bonds. The molecule has 5 N–H and O–H groups in total. The molecule has 0 spiro atoms. The molecule has 0 saturated heterocycles. The number of carbonyl (C=O) groups is 4. The van der Waals surface area contributed by atoms with Gasteiger partial charge in [-0.05, 0) is 35.4 Å². The van der Waals surface area contributed by atoms with Crippen molar-refractivity contribution in [3.05, 3.63) is 74.0 Å².